The van der Waals surface area contributed by atoms with Crippen LogP contribution in [0.15, 0.2) is 48.5 Å². The molecule has 8 nitrogen and oxygen atoms in total. The van der Waals surface area contributed by atoms with Crippen molar-refractivity contribution in [3.8, 4) is 11.1 Å². The molecular formula is C20H20N2O6. The van der Waals surface area contributed by atoms with E-state index in [9.17, 15) is 14.4 Å². The average Bonchev–Trinajstić information content (AvgIpc) is 3.03. The number of hydrogen-bond acceptors (Lipinski definition) is 6. The number of benzene rings is 2. The summed E-state index contributed by atoms with van der Waals surface area (Å²) in [7, 11) is 1.20. The molecular weight excluding hydrogens is 364 g/mol. The summed E-state index contributed by atoms with van der Waals surface area (Å²) in [6.07, 6.45) is -1.20. The van der Waals surface area contributed by atoms with E-state index in [1.54, 1.807) is 0 Å². The molecule has 146 valence electrons. The zero-order valence-electron chi connectivity index (χ0n) is 15.3. The minimum atomic E-state index is -0.711. The van der Waals surface area contributed by atoms with Gasteiger partial charge in [0.2, 0.25) is 5.91 Å². The Bertz CT molecular complexity index is 837. The lowest BCUT2D eigenvalue weighted by Crippen LogP contribution is -2.38. The number of hydrogen-bond donors (Lipinski definition) is 2. The lowest BCUT2D eigenvalue weighted by atomic mass is 10.1. The van der Waals surface area contributed by atoms with Gasteiger partial charge in [-0.15, -0.1) is 0 Å². The molecule has 8 heteroatoms. The van der Waals surface area contributed by atoms with Crippen molar-refractivity contribution in [2.24, 2.45) is 0 Å². The number of methoxy groups -OCH3 is 1. The van der Waals surface area contributed by atoms with Crippen molar-refractivity contribution in [2.45, 2.75) is 6.10 Å². The summed E-state index contributed by atoms with van der Waals surface area (Å²) in [4.78, 5) is 34.5. The highest BCUT2D eigenvalue weighted by molar-refractivity contribution is 5.82. The SMILES string of the molecule is COC(=O)NCC(=O)NCOCC(=O)OC1c2ccccc2-c2ccccc21. The predicted molar refractivity (Wildman–Crippen MR) is 99.2 cm³/mol. The minimum absolute atomic E-state index is 0.186. The summed E-state index contributed by atoms with van der Waals surface area (Å²) in [5.41, 5.74) is 3.95. The van der Waals surface area contributed by atoms with Crippen LogP contribution in [0, 0.1) is 0 Å². The van der Waals surface area contributed by atoms with Gasteiger partial charge in [-0.3, -0.25) is 4.79 Å². The molecule has 0 saturated carbocycles. The Morgan fingerprint density at radius 1 is 0.929 bits per heavy atom. The number of esters is 1. The number of alkyl carbamates (subject to hydrolysis) is 1. The Labute approximate surface area is 161 Å². The third-order valence-electron chi connectivity index (χ3n) is 4.20. The normalized spacial score (nSPS) is 11.9. The van der Waals surface area contributed by atoms with E-state index in [-0.39, 0.29) is 19.9 Å². The second-order valence-electron chi connectivity index (χ2n) is 5.98. The molecule has 1 aliphatic rings. The lowest BCUT2D eigenvalue weighted by Gasteiger charge is -2.15. The van der Waals surface area contributed by atoms with Gasteiger partial charge in [-0.1, -0.05) is 48.5 Å². The molecule has 0 fully saturated rings. The van der Waals surface area contributed by atoms with Crippen molar-refractivity contribution in [3.05, 3.63) is 59.7 Å². The monoisotopic (exact) mass is 384 g/mol. The van der Waals surface area contributed by atoms with Crippen LogP contribution in [0.4, 0.5) is 4.79 Å². The number of amides is 2. The number of carbonyl (C=O) groups excluding carboxylic acids is 3. The standard InChI is InChI=1S/C20H20N2O6/c1-26-20(25)21-10-17(23)22-12-27-11-18(24)28-19-15-8-4-2-6-13(15)14-7-3-5-9-16(14)19/h2-9,19H,10-12H2,1H3,(H,21,25)(H,22,23). The van der Waals surface area contributed by atoms with Crippen molar-refractivity contribution < 1.29 is 28.6 Å². The highest BCUT2D eigenvalue weighted by Gasteiger charge is 2.30. The van der Waals surface area contributed by atoms with Gasteiger partial charge in [0, 0.05) is 11.1 Å². The van der Waals surface area contributed by atoms with Crippen molar-refractivity contribution in [1.82, 2.24) is 10.6 Å². The first-order valence-corrected chi connectivity index (χ1v) is 8.64. The van der Waals surface area contributed by atoms with Crippen molar-refractivity contribution in [3.63, 3.8) is 0 Å². The molecule has 2 aromatic rings. The van der Waals surface area contributed by atoms with Gasteiger partial charge in [0.25, 0.3) is 0 Å². The van der Waals surface area contributed by atoms with Crippen LogP contribution in [0.2, 0.25) is 0 Å². The molecule has 2 N–H and O–H groups in total. The minimum Gasteiger partial charge on any atom is -0.453 e. The predicted octanol–water partition coefficient (Wildman–Crippen LogP) is 1.75. The maximum absolute atomic E-state index is 12.2. The molecule has 0 atom stereocenters. The van der Waals surface area contributed by atoms with Crippen LogP contribution < -0.4 is 10.6 Å². The van der Waals surface area contributed by atoms with Crippen LogP contribution in [0.5, 0.6) is 0 Å². The van der Waals surface area contributed by atoms with E-state index in [2.05, 4.69) is 15.4 Å². The van der Waals surface area contributed by atoms with E-state index >= 15 is 0 Å². The van der Waals surface area contributed by atoms with Crippen molar-refractivity contribution >= 4 is 18.0 Å². The maximum Gasteiger partial charge on any atom is 0.407 e. The first-order chi connectivity index (χ1) is 13.6. The first-order valence-electron chi connectivity index (χ1n) is 8.64. The van der Waals surface area contributed by atoms with Crippen molar-refractivity contribution in [1.29, 1.82) is 0 Å². The molecule has 0 aromatic heterocycles. The maximum atomic E-state index is 12.2. The Morgan fingerprint density at radius 3 is 2.14 bits per heavy atom. The topological polar surface area (TPSA) is 103 Å². The molecule has 1 aliphatic carbocycles. The van der Waals surface area contributed by atoms with E-state index < -0.39 is 24.1 Å². The molecule has 3 rings (SSSR count). The first kappa shape index (κ1) is 19.4. The number of rotatable bonds is 7. The molecule has 28 heavy (non-hydrogen) atoms. The Hall–Kier alpha value is -3.39. The molecule has 2 aromatic carbocycles. The van der Waals surface area contributed by atoms with Crippen LogP contribution in [0.25, 0.3) is 11.1 Å². The Balaban J connectivity index is 1.48. The van der Waals surface area contributed by atoms with Crippen LogP contribution >= 0.6 is 0 Å². The molecule has 0 heterocycles. The summed E-state index contributed by atoms with van der Waals surface area (Å²) in [6, 6.07) is 15.6. The Kier molecular flexibility index (Phi) is 6.23. The number of ether oxygens (including phenoxy) is 3. The highest BCUT2D eigenvalue weighted by Crippen LogP contribution is 2.44. The van der Waals surface area contributed by atoms with Crippen LogP contribution in [0.1, 0.15) is 17.2 Å². The quantitative estimate of drug-likeness (QED) is 0.428. The molecule has 0 aliphatic heterocycles. The van der Waals surface area contributed by atoms with Gasteiger partial charge in [-0.25, -0.2) is 9.59 Å². The van der Waals surface area contributed by atoms with Crippen LogP contribution in [-0.4, -0.2) is 45.0 Å². The highest BCUT2D eigenvalue weighted by atomic mass is 16.6. The van der Waals surface area contributed by atoms with Gasteiger partial charge in [-0.2, -0.15) is 0 Å². The van der Waals surface area contributed by atoms with Gasteiger partial charge in [0.1, 0.15) is 19.9 Å². The zero-order chi connectivity index (χ0) is 19.9. The molecule has 0 spiro atoms. The second-order valence-corrected chi connectivity index (χ2v) is 5.98. The fraction of sp³-hybridized carbons (Fsp3) is 0.250. The molecule has 2 amide bonds. The zero-order valence-corrected chi connectivity index (χ0v) is 15.3. The van der Waals surface area contributed by atoms with Crippen LogP contribution in [-0.2, 0) is 23.8 Å². The van der Waals surface area contributed by atoms with E-state index in [0.29, 0.717) is 0 Å². The van der Waals surface area contributed by atoms with Gasteiger partial charge < -0.3 is 24.8 Å². The second kappa shape index (κ2) is 9.01. The summed E-state index contributed by atoms with van der Waals surface area (Å²) in [5, 5.41) is 4.63. The molecule has 0 saturated heterocycles. The summed E-state index contributed by atoms with van der Waals surface area (Å²) in [5.74, 6) is -1.02. The molecule has 0 bridgehead atoms. The molecule has 0 unspecified atom stereocenters. The Morgan fingerprint density at radius 2 is 1.54 bits per heavy atom. The lowest BCUT2D eigenvalue weighted by molar-refractivity contribution is -0.153. The molecule has 0 radical (unpaired) electrons. The van der Waals surface area contributed by atoms with E-state index in [4.69, 9.17) is 9.47 Å². The van der Waals surface area contributed by atoms with Gasteiger partial charge in [0.15, 0.2) is 6.10 Å². The number of carbonyl (C=O) groups is 3. The summed E-state index contributed by atoms with van der Waals surface area (Å²) >= 11 is 0. The fourth-order valence-electron chi connectivity index (χ4n) is 2.95. The summed E-state index contributed by atoms with van der Waals surface area (Å²) < 4.78 is 15.1. The summed E-state index contributed by atoms with van der Waals surface area (Å²) in [6.45, 7) is -0.754. The average molecular weight is 384 g/mol. The van der Waals surface area contributed by atoms with E-state index in [1.165, 1.54) is 7.11 Å². The van der Waals surface area contributed by atoms with Crippen LogP contribution in [0.3, 0.4) is 0 Å². The van der Waals surface area contributed by atoms with Gasteiger partial charge in [0.05, 0.1) is 7.11 Å². The van der Waals surface area contributed by atoms with Gasteiger partial charge >= 0.3 is 12.1 Å². The van der Waals surface area contributed by atoms with Gasteiger partial charge in [-0.05, 0) is 11.1 Å². The van der Waals surface area contributed by atoms with E-state index in [0.717, 1.165) is 22.3 Å². The van der Waals surface area contributed by atoms with Crippen molar-refractivity contribution in [2.75, 3.05) is 27.0 Å². The smallest absolute Gasteiger partial charge is 0.407 e. The number of fused-ring (bicyclic) bond motifs is 3. The third kappa shape index (κ3) is 4.47. The number of nitrogens with one attached hydrogen (secondary N) is 2. The van der Waals surface area contributed by atoms with E-state index in [1.807, 2.05) is 48.5 Å². The fourth-order valence-corrected chi connectivity index (χ4v) is 2.95. The third-order valence-corrected chi connectivity index (χ3v) is 4.20. The largest absolute Gasteiger partial charge is 0.453 e.